The highest BCUT2D eigenvalue weighted by Crippen LogP contribution is 2.17. The van der Waals surface area contributed by atoms with Crippen LogP contribution in [0.4, 0.5) is 11.4 Å². The van der Waals surface area contributed by atoms with E-state index in [9.17, 15) is 4.79 Å². The first-order valence-electron chi connectivity index (χ1n) is 6.14. The highest BCUT2D eigenvalue weighted by atomic mass is 16.2. The molecule has 1 amide bonds. The molecule has 2 rings (SSSR count). The van der Waals surface area contributed by atoms with Crippen molar-refractivity contribution in [2.45, 2.75) is 27.3 Å². The Hall–Kier alpha value is -2.30. The van der Waals surface area contributed by atoms with Crippen LogP contribution in [0.2, 0.25) is 0 Å². The molecule has 19 heavy (non-hydrogen) atoms. The zero-order valence-electron chi connectivity index (χ0n) is 11.4. The largest absolute Gasteiger partial charge is 0.397 e. The number of hydrogen-bond donors (Lipinski definition) is 2. The molecule has 2 aromatic rings. The second-order valence-electron chi connectivity index (χ2n) is 4.59. The van der Waals surface area contributed by atoms with Crippen LogP contribution < -0.4 is 11.1 Å². The average Bonchev–Trinajstić information content (AvgIpc) is 2.60. The molecule has 0 aliphatic carbocycles. The lowest BCUT2D eigenvalue weighted by Crippen LogP contribution is -2.20. The molecular formula is C14H18N4O. The Morgan fingerprint density at radius 1 is 1.32 bits per heavy atom. The zero-order chi connectivity index (χ0) is 14.0. The van der Waals surface area contributed by atoms with Crippen molar-refractivity contribution in [1.29, 1.82) is 0 Å². The molecule has 5 nitrogen and oxygen atoms in total. The van der Waals surface area contributed by atoms with Crippen LogP contribution in [-0.4, -0.2) is 15.7 Å². The first-order chi connectivity index (χ1) is 8.99. The van der Waals surface area contributed by atoms with E-state index < -0.39 is 0 Å². The summed E-state index contributed by atoms with van der Waals surface area (Å²) in [5.41, 5.74) is 10.0. The summed E-state index contributed by atoms with van der Waals surface area (Å²) >= 11 is 0. The number of benzene rings is 1. The zero-order valence-corrected chi connectivity index (χ0v) is 11.4. The van der Waals surface area contributed by atoms with Crippen molar-refractivity contribution in [2.24, 2.45) is 0 Å². The molecule has 0 aliphatic heterocycles. The maximum atomic E-state index is 12.0. The quantitative estimate of drug-likeness (QED) is 0.827. The van der Waals surface area contributed by atoms with Gasteiger partial charge in [0.25, 0.3) is 0 Å². The van der Waals surface area contributed by atoms with E-state index in [1.54, 1.807) is 16.8 Å². The summed E-state index contributed by atoms with van der Waals surface area (Å²) in [5, 5.41) is 7.13. The summed E-state index contributed by atoms with van der Waals surface area (Å²) in [6, 6.07) is 7.19. The van der Waals surface area contributed by atoms with Crippen molar-refractivity contribution in [3.05, 3.63) is 41.2 Å². The highest BCUT2D eigenvalue weighted by molar-refractivity contribution is 5.93. The van der Waals surface area contributed by atoms with Crippen molar-refractivity contribution in [3.8, 4) is 0 Å². The molecule has 0 saturated heterocycles. The van der Waals surface area contributed by atoms with E-state index >= 15 is 0 Å². The summed E-state index contributed by atoms with van der Waals surface area (Å²) in [4.78, 5) is 12.0. The van der Waals surface area contributed by atoms with Gasteiger partial charge in [-0.25, -0.2) is 0 Å². The SMILES string of the molecule is Cc1nn(CC(=O)Nc2ccccc2N)c(C)c1C. The fraction of sp³-hybridized carbons (Fsp3) is 0.286. The third kappa shape index (κ3) is 2.76. The Labute approximate surface area is 112 Å². The fourth-order valence-corrected chi connectivity index (χ4v) is 1.88. The van der Waals surface area contributed by atoms with Crippen molar-refractivity contribution in [3.63, 3.8) is 0 Å². The molecular weight excluding hydrogens is 240 g/mol. The summed E-state index contributed by atoms with van der Waals surface area (Å²) in [5.74, 6) is -0.136. The Bertz CT molecular complexity index is 616. The van der Waals surface area contributed by atoms with Gasteiger partial charge in [-0.2, -0.15) is 5.10 Å². The normalized spacial score (nSPS) is 10.5. The van der Waals surface area contributed by atoms with E-state index in [0.717, 1.165) is 17.0 Å². The van der Waals surface area contributed by atoms with Crippen LogP contribution in [-0.2, 0) is 11.3 Å². The first-order valence-corrected chi connectivity index (χ1v) is 6.14. The standard InChI is InChI=1S/C14H18N4O/c1-9-10(2)17-18(11(9)3)8-14(19)16-13-7-5-4-6-12(13)15/h4-7H,8,15H2,1-3H3,(H,16,19). The van der Waals surface area contributed by atoms with E-state index in [1.807, 2.05) is 32.9 Å². The van der Waals surface area contributed by atoms with Crippen molar-refractivity contribution in [1.82, 2.24) is 9.78 Å². The average molecular weight is 258 g/mol. The number of anilines is 2. The Balaban J connectivity index is 2.10. The minimum Gasteiger partial charge on any atom is -0.397 e. The van der Waals surface area contributed by atoms with Crippen LogP contribution in [0.5, 0.6) is 0 Å². The second-order valence-corrected chi connectivity index (χ2v) is 4.59. The van der Waals surface area contributed by atoms with Crippen molar-refractivity contribution < 1.29 is 4.79 Å². The molecule has 0 saturated carbocycles. The fourth-order valence-electron chi connectivity index (χ4n) is 1.88. The van der Waals surface area contributed by atoms with Crippen LogP contribution in [0.3, 0.4) is 0 Å². The van der Waals surface area contributed by atoms with Gasteiger partial charge < -0.3 is 11.1 Å². The van der Waals surface area contributed by atoms with E-state index in [1.165, 1.54) is 0 Å². The molecule has 1 aromatic carbocycles. The number of carbonyl (C=O) groups excluding carboxylic acids is 1. The molecule has 0 fully saturated rings. The molecule has 0 unspecified atom stereocenters. The minimum absolute atomic E-state index is 0.136. The van der Waals surface area contributed by atoms with Crippen LogP contribution in [0, 0.1) is 20.8 Å². The van der Waals surface area contributed by atoms with Crippen molar-refractivity contribution in [2.75, 3.05) is 11.1 Å². The third-order valence-corrected chi connectivity index (χ3v) is 3.27. The Morgan fingerprint density at radius 2 is 2.00 bits per heavy atom. The van der Waals surface area contributed by atoms with Gasteiger partial charge in [0.05, 0.1) is 17.1 Å². The molecule has 1 aromatic heterocycles. The number of nitrogens with zero attached hydrogens (tertiary/aromatic N) is 2. The van der Waals surface area contributed by atoms with Crippen LogP contribution in [0.25, 0.3) is 0 Å². The van der Waals surface area contributed by atoms with Gasteiger partial charge in [0.2, 0.25) is 5.91 Å². The summed E-state index contributed by atoms with van der Waals surface area (Å²) in [6.07, 6.45) is 0. The second kappa shape index (κ2) is 5.14. The van der Waals surface area contributed by atoms with E-state index in [-0.39, 0.29) is 12.5 Å². The van der Waals surface area contributed by atoms with E-state index in [4.69, 9.17) is 5.73 Å². The lowest BCUT2D eigenvalue weighted by molar-refractivity contribution is -0.116. The Kier molecular flexibility index (Phi) is 3.55. The number of aryl methyl sites for hydroxylation is 1. The number of carbonyl (C=O) groups is 1. The molecule has 0 spiro atoms. The van der Waals surface area contributed by atoms with Crippen LogP contribution in [0.15, 0.2) is 24.3 Å². The number of para-hydroxylation sites is 2. The van der Waals surface area contributed by atoms with Gasteiger partial charge in [-0.05, 0) is 38.5 Å². The third-order valence-electron chi connectivity index (χ3n) is 3.27. The van der Waals surface area contributed by atoms with E-state index in [2.05, 4.69) is 10.4 Å². The molecule has 0 aliphatic rings. The molecule has 1 heterocycles. The lowest BCUT2D eigenvalue weighted by atomic mass is 10.2. The summed E-state index contributed by atoms with van der Waals surface area (Å²) < 4.78 is 1.71. The molecule has 0 atom stereocenters. The summed E-state index contributed by atoms with van der Waals surface area (Å²) in [7, 11) is 0. The highest BCUT2D eigenvalue weighted by Gasteiger charge is 2.11. The number of hydrogen-bond acceptors (Lipinski definition) is 3. The van der Waals surface area contributed by atoms with Gasteiger partial charge in [-0.3, -0.25) is 9.48 Å². The number of amides is 1. The van der Waals surface area contributed by atoms with E-state index in [0.29, 0.717) is 11.4 Å². The van der Waals surface area contributed by atoms with Crippen molar-refractivity contribution >= 4 is 17.3 Å². The lowest BCUT2D eigenvalue weighted by Gasteiger charge is -2.08. The van der Waals surface area contributed by atoms with Crippen LogP contribution in [0.1, 0.15) is 17.0 Å². The first kappa shape index (κ1) is 13.1. The maximum Gasteiger partial charge on any atom is 0.246 e. The molecule has 0 bridgehead atoms. The number of nitrogens with two attached hydrogens (primary N) is 1. The molecule has 5 heteroatoms. The van der Waals surface area contributed by atoms with Gasteiger partial charge in [0.1, 0.15) is 6.54 Å². The number of rotatable bonds is 3. The summed E-state index contributed by atoms with van der Waals surface area (Å²) in [6.45, 7) is 6.08. The molecule has 3 N–H and O–H groups in total. The molecule has 100 valence electrons. The number of nitrogens with one attached hydrogen (secondary N) is 1. The van der Waals surface area contributed by atoms with Gasteiger partial charge >= 0.3 is 0 Å². The Morgan fingerprint density at radius 3 is 2.58 bits per heavy atom. The number of nitrogen functional groups attached to an aromatic ring is 1. The maximum absolute atomic E-state index is 12.0. The predicted molar refractivity (Wildman–Crippen MR) is 75.9 cm³/mol. The molecule has 0 radical (unpaired) electrons. The van der Waals surface area contributed by atoms with Gasteiger partial charge in [-0.1, -0.05) is 12.1 Å². The monoisotopic (exact) mass is 258 g/mol. The van der Waals surface area contributed by atoms with Gasteiger partial charge in [0, 0.05) is 5.69 Å². The van der Waals surface area contributed by atoms with Crippen LogP contribution >= 0.6 is 0 Å². The smallest absolute Gasteiger partial charge is 0.246 e. The number of aromatic nitrogens is 2. The minimum atomic E-state index is -0.136. The topological polar surface area (TPSA) is 72.9 Å². The predicted octanol–water partition coefficient (Wildman–Crippen LogP) is 2.03. The van der Waals surface area contributed by atoms with Gasteiger partial charge in [-0.15, -0.1) is 0 Å². The van der Waals surface area contributed by atoms with Gasteiger partial charge in [0.15, 0.2) is 0 Å².